The Morgan fingerprint density at radius 1 is 0.917 bits per heavy atom. The maximum absolute atomic E-state index is 9.22. The van der Waals surface area contributed by atoms with E-state index in [1.54, 1.807) is 6.07 Å². The molecule has 66 valence electrons. The van der Waals surface area contributed by atoms with Crippen LogP contribution in [-0.2, 0) is 0 Å². The Morgan fingerprint density at radius 2 is 1.33 bits per heavy atom. The number of hydrogen-bond donors (Lipinski definition) is 1. The zero-order valence-electron chi connectivity index (χ0n) is 8.10. The Balaban J connectivity index is 0. The van der Waals surface area contributed by atoms with E-state index in [9.17, 15) is 5.11 Å². The number of benzene rings is 1. The van der Waals surface area contributed by atoms with Gasteiger partial charge in [-0.05, 0) is 43.5 Å². The van der Waals surface area contributed by atoms with Gasteiger partial charge in [-0.15, -0.1) is 0 Å². The molecule has 0 aliphatic heterocycles. The molecule has 1 nitrogen and oxygen atoms in total. The number of phenolic OH excluding ortho intramolecular Hbond substituents is 1. The molecule has 0 spiro atoms. The van der Waals surface area contributed by atoms with Crippen LogP contribution in [0.5, 0.6) is 5.75 Å². The molecule has 0 saturated heterocycles. The Morgan fingerprint density at radius 3 is 1.75 bits per heavy atom. The van der Waals surface area contributed by atoms with Crippen LogP contribution >= 0.6 is 0 Å². The first-order valence-electron chi connectivity index (χ1n) is 3.38. The van der Waals surface area contributed by atoms with Crippen molar-refractivity contribution in [3.8, 4) is 5.75 Å². The maximum Gasteiger partial charge on any atom is 0.118 e. The van der Waals surface area contributed by atoms with Gasteiger partial charge in [0.25, 0.3) is 0 Å². The first-order chi connectivity index (χ1) is 4.61. The van der Waals surface area contributed by atoms with Crippen LogP contribution in [0.25, 0.3) is 0 Å². The van der Waals surface area contributed by atoms with E-state index in [-0.39, 0.29) is 38.5 Å². The van der Waals surface area contributed by atoms with Gasteiger partial charge in [-0.1, -0.05) is 6.07 Å². The van der Waals surface area contributed by atoms with Gasteiger partial charge in [0, 0.05) is 31.1 Å². The zero-order valence-corrected chi connectivity index (χ0v) is 12.3. The van der Waals surface area contributed by atoms with Crippen molar-refractivity contribution in [1.82, 2.24) is 0 Å². The summed E-state index contributed by atoms with van der Waals surface area (Å²) in [6, 6.07) is 3.79. The molecule has 0 aliphatic rings. The minimum atomic E-state index is 0. The van der Waals surface area contributed by atoms with E-state index in [1.165, 1.54) is 5.56 Å². The summed E-state index contributed by atoms with van der Waals surface area (Å²) in [6.45, 7) is 5.94. The van der Waals surface area contributed by atoms with Crippen LogP contribution in [0.2, 0.25) is 0 Å². The van der Waals surface area contributed by atoms with Gasteiger partial charge in [0.2, 0.25) is 0 Å². The summed E-state index contributed by atoms with van der Waals surface area (Å²) >= 11 is 0. The van der Waals surface area contributed by atoms with Gasteiger partial charge in [-0.25, -0.2) is 0 Å². The Kier molecular flexibility index (Phi) is 6.90. The largest absolute Gasteiger partial charge is 0.508 e. The van der Waals surface area contributed by atoms with Gasteiger partial charge in [-0.3, -0.25) is 0 Å². The van der Waals surface area contributed by atoms with Gasteiger partial charge < -0.3 is 12.5 Å². The van der Waals surface area contributed by atoms with Crippen molar-refractivity contribution in [2.24, 2.45) is 0 Å². The first-order valence-corrected chi connectivity index (χ1v) is 3.38. The summed E-state index contributed by atoms with van der Waals surface area (Å²) in [5.41, 5.74) is 3.32. The summed E-state index contributed by atoms with van der Waals surface area (Å²) in [7, 11) is 0. The number of rotatable bonds is 0. The molecule has 0 bridgehead atoms. The molecular weight excluding hydrogens is 374 g/mol. The van der Waals surface area contributed by atoms with E-state index in [0.717, 1.165) is 11.1 Å². The molecule has 0 amide bonds. The summed E-state index contributed by atoms with van der Waals surface area (Å²) in [6.07, 6.45) is 0. The van der Waals surface area contributed by atoms with Crippen LogP contribution in [-0.4, -0.2) is 5.11 Å². The topological polar surface area (TPSA) is 20.2 Å². The number of phenols is 1. The molecule has 1 N–H and O–H groups in total. The van der Waals surface area contributed by atoms with Crippen LogP contribution in [0.1, 0.15) is 16.7 Å². The summed E-state index contributed by atoms with van der Waals surface area (Å²) < 4.78 is 0. The Bertz CT molecular complexity index is 206. The van der Waals surface area contributed by atoms with Gasteiger partial charge in [-0.2, -0.15) is 0 Å². The fourth-order valence-corrected chi connectivity index (χ4v) is 0.945. The SMILES string of the molecule is Cc1cc(C)c(O)cc1C.[CH3-].[U]. The van der Waals surface area contributed by atoms with Crippen molar-refractivity contribution in [1.29, 1.82) is 0 Å². The third-order valence-electron chi connectivity index (χ3n) is 1.81. The molecule has 0 radical (unpaired) electrons. The minimum absolute atomic E-state index is 0. The van der Waals surface area contributed by atoms with Crippen LogP contribution in [0.3, 0.4) is 0 Å². The third-order valence-corrected chi connectivity index (χ3v) is 1.81. The molecule has 0 fully saturated rings. The molecular formula is C10H15OU-. The van der Waals surface area contributed by atoms with Crippen molar-refractivity contribution in [2.45, 2.75) is 20.8 Å². The van der Waals surface area contributed by atoms with Crippen molar-refractivity contribution in [3.63, 3.8) is 0 Å². The van der Waals surface area contributed by atoms with Crippen LogP contribution in [0.15, 0.2) is 12.1 Å². The average molecular weight is 389 g/mol. The fourth-order valence-electron chi connectivity index (χ4n) is 0.945. The van der Waals surface area contributed by atoms with E-state index in [1.807, 2.05) is 26.8 Å². The second kappa shape index (κ2) is 5.67. The monoisotopic (exact) mass is 389 g/mol. The van der Waals surface area contributed by atoms with Crippen molar-refractivity contribution < 1.29 is 36.2 Å². The zero-order chi connectivity index (χ0) is 7.72. The van der Waals surface area contributed by atoms with E-state index in [4.69, 9.17) is 0 Å². The molecule has 1 aromatic rings. The molecule has 0 heterocycles. The first kappa shape index (κ1) is 14.6. The van der Waals surface area contributed by atoms with Crippen LogP contribution in [0.4, 0.5) is 0 Å². The van der Waals surface area contributed by atoms with E-state index < -0.39 is 0 Å². The summed E-state index contributed by atoms with van der Waals surface area (Å²) in [5, 5.41) is 9.22. The van der Waals surface area contributed by atoms with Gasteiger partial charge in [0.05, 0.1) is 0 Å². The predicted octanol–water partition coefficient (Wildman–Crippen LogP) is 2.77. The van der Waals surface area contributed by atoms with E-state index in [2.05, 4.69) is 0 Å². The molecule has 0 saturated carbocycles. The molecule has 0 aromatic heterocycles. The Hall–Kier alpha value is 0.0719. The van der Waals surface area contributed by atoms with Crippen molar-refractivity contribution >= 4 is 0 Å². The summed E-state index contributed by atoms with van der Waals surface area (Å²) in [4.78, 5) is 0. The number of aromatic hydroxyl groups is 1. The minimum Gasteiger partial charge on any atom is -0.508 e. The Labute approximate surface area is 98.6 Å². The maximum atomic E-state index is 9.22. The van der Waals surface area contributed by atoms with Crippen LogP contribution < -0.4 is 0 Å². The molecule has 2 heteroatoms. The van der Waals surface area contributed by atoms with Gasteiger partial charge in [0.15, 0.2) is 0 Å². The molecule has 0 unspecified atom stereocenters. The summed E-state index contributed by atoms with van der Waals surface area (Å²) in [5.74, 6) is 0.392. The second-order valence-corrected chi connectivity index (χ2v) is 2.72. The van der Waals surface area contributed by atoms with Gasteiger partial charge >= 0.3 is 0 Å². The average Bonchev–Trinajstić information content (AvgIpc) is 1.84. The third kappa shape index (κ3) is 3.21. The van der Waals surface area contributed by atoms with E-state index >= 15 is 0 Å². The fraction of sp³-hybridized carbons (Fsp3) is 0.300. The standard InChI is InChI=1S/C9H12O.CH3.U/c1-6-4-8(3)9(10)5-7(6)2;;/h4-5,10H,1-3H3;1H3;/q;-1;. The quantitative estimate of drug-likeness (QED) is 0.677. The number of aryl methyl sites for hydroxylation is 3. The van der Waals surface area contributed by atoms with Crippen LogP contribution in [0, 0.1) is 59.3 Å². The molecule has 0 atom stereocenters. The van der Waals surface area contributed by atoms with Crippen molar-refractivity contribution in [3.05, 3.63) is 36.2 Å². The molecule has 12 heavy (non-hydrogen) atoms. The number of hydrogen-bond acceptors (Lipinski definition) is 1. The second-order valence-electron chi connectivity index (χ2n) is 2.72. The molecule has 1 aromatic carbocycles. The van der Waals surface area contributed by atoms with E-state index in [0.29, 0.717) is 5.75 Å². The normalized spacial score (nSPS) is 8.25. The molecule has 0 aliphatic carbocycles. The van der Waals surface area contributed by atoms with Gasteiger partial charge in [0.1, 0.15) is 5.75 Å². The molecule has 1 rings (SSSR count). The smallest absolute Gasteiger partial charge is 0.118 e. The van der Waals surface area contributed by atoms with Crippen molar-refractivity contribution in [2.75, 3.05) is 0 Å². The predicted molar refractivity (Wildman–Crippen MR) is 48.7 cm³/mol.